The Morgan fingerprint density at radius 1 is 1.44 bits per heavy atom. The van der Waals surface area contributed by atoms with Crippen LogP contribution in [0.3, 0.4) is 0 Å². The molecule has 1 rings (SSSR count). The maximum atomic E-state index is 10.8. The van der Waals surface area contributed by atoms with Crippen LogP contribution in [0.1, 0.15) is 12.1 Å². The fraction of sp³-hybridized carbons (Fsp3) is 0.455. The van der Waals surface area contributed by atoms with E-state index in [2.05, 4.69) is 15.0 Å². The molecule has 5 heteroatoms. The summed E-state index contributed by atoms with van der Waals surface area (Å²) in [6, 6.07) is 5.63. The van der Waals surface area contributed by atoms with Gasteiger partial charge in [0.05, 0.1) is 14.2 Å². The first-order chi connectivity index (χ1) is 7.76. The second kappa shape index (κ2) is 6.66. The van der Waals surface area contributed by atoms with E-state index in [1.165, 1.54) is 7.11 Å². The zero-order valence-electron chi connectivity index (χ0n) is 9.53. The van der Waals surface area contributed by atoms with Gasteiger partial charge in [-0.05, 0) is 18.9 Å². The molecular formula is C11H16N2O3. The lowest BCUT2D eigenvalue weighted by Gasteiger charge is -2.04. The number of ether oxygens (including phenoxy) is 2. The van der Waals surface area contributed by atoms with Gasteiger partial charge >= 0.3 is 6.09 Å². The van der Waals surface area contributed by atoms with E-state index in [4.69, 9.17) is 4.74 Å². The van der Waals surface area contributed by atoms with Crippen molar-refractivity contribution in [3.8, 4) is 5.88 Å². The predicted molar refractivity (Wildman–Crippen MR) is 59.5 cm³/mol. The van der Waals surface area contributed by atoms with Crippen molar-refractivity contribution >= 4 is 6.09 Å². The van der Waals surface area contributed by atoms with Crippen LogP contribution in [0.5, 0.6) is 5.88 Å². The van der Waals surface area contributed by atoms with Crippen LogP contribution in [0.2, 0.25) is 0 Å². The van der Waals surface area contributed by atoms with E-state index in [0.29, 0.717) is 12.4 Å². The maximum absolute atomic E-state index is 10.8. The molecular weight excluding hydrogens is 208 g/mol. The molecule has 0 saturated heterocycles. The highest BCUT2D eigenvalue weighted by molar-refractivity contribution is 5.66. The Labute approximate surface area is 94.8 Å². The number of nitrogens with zero attached hydrogens (tertiary/aromatic N) is 1. The molecule has 0 aliphatic rings. The molecule has 0 fully saturated rings. The van der Waals surface area contributed by atoms with Gasteiger partial charge in [0, 0.05) is 18.3 Å². The zero-order chi connectivity index (χ0) is 11.8. The SMILES string of the molecule is COC(=O)NCCCc1cccc(OC)n1. The van der Waals surface area contributed by atoms with E-state index in [-0.39, 0.29) is 0 Å². The fourth-order valence-corrected chi connectivity index (χ4v) is 1.24. The van der Waals surface area contributed by atoms with E-state index in [1.54, 1.807) is 13.2 Å². The van der Waals surface area contributed by atoms with E-state index >= 15 is 0 Å². The minimum atomic E-state index is -0.404. The van der Waals surface area contributed by atoms with Crippen LogP contribution in [-0.2, 0) is 11.2 Å². The largest absolute Gasteiger partial charge is 0.481 e. The average molecular weight is 224 g/mol. The number of hydrogen-bond donors (Lipinski definition) is 1. The standard InChI is InChI=1S/C11H16N2O3/c1-15-10-7-3-5-9(13-10)6-4-8-12-11(14)16-2/h3,5,7H,4,6,8H2,1-2H3,(H,12,14). The van der Waals surface area contributed by atoms with Gasteiger partial charge in [0.2, 0.25) is 5.88 Å². The maximum Gasteiger partial charge on any atom is 0.406 e. The molecule has 0 radical (unpaired) electrons. The Balaban J connectivity index is 2.28. The van der Waals surface area contributed by atoms with Crippen molar-refractivity contribution < 1.29 is 14.3 Å². The van der Waals surface area contributed by atoms with E-state index in [9.17, 15) is 4.79 Å². The highest BCUT2D eigenvalue weighted by Gasteiger charge is 1.99. The van der Waals surface area contributed by atoms with Crippen LogP contribution in [0, 0.1) is 0 Å². The summed E-state index contributed by atoms with van der Waals surface area (Å²) in [5, 5.41) is 2.61. The first kappa shape index (κ1) is 12.3. The third-order valence-corrected chi connectivity index (χ3v) is 2.05. The summed E-state index contributed by atoms with van der Waals surface area (Å²) in [5.74, 6) is 0.610. The molecule has 0 spiro atoms. The second-order valence-corrected chi connectivity index (χ2v) is 3.19. The quantitative estimate of drug-likeness (QED) is 0.767. The van der Waals surface area contributed by atoms with Gasteiger partial charge in [-0.1, -0.05) is 6.07 Å². The lowest BCUT2D eigenvalue weighted by Crippen LogP contribution is -2.24. The number of hydrogen-bond acceptors (Lipinski definition) is 4. The van der Waals surface area contributed by atoms with Crippen molar-refractivity contribution in [2.45, 2.75) is 12.8 Å². The van der Waals surface area contributed by atoms with Crippen LogP contribution in [0.4, 0.5) is 4.79 Å². The highest BCUT2D eigenvalue weighted by atomic mass is 16.5. The molecule has 0 saturated carbocycles. The fourth-order valence-electron chi connectivity index (χ4n) is 1.24. The van der Waals surface area contributed by atoms with Gasteiger partial charge in [0.1, 0.15) is 0 Å². The Morgan fingerprint density at radius 2 is 2.25 bits per heavy atom. The van der Waals surface area contributed by atoms with Crippen LogP contribution < -0.4 is 10.1 Å². The number of methoxy groups -OCH3 is 2. The van der Waals surface area contributed by atoms with Crippen molar-refractivity contribution in [3.63, 3.8) is 0 Å². The molecule has 0 aliphatic carbocycles. The molecule has 5 nitrogen and oxygen atoms in total. The number of amides is 1. The summed E-state index contributed by atoms with van der Waals surface area (Å²) in [6.07, 6.45) is 1.20. The summed E-state index contributed by atoms with van der Waals surface area (Å²) in [5.41, 5.74) is 0.950. The normalized spacial score (nSPS) is 9.62. The Kier molecular flexibility index (Phi) is 5.11. The third kappa shape index (κ3) is 4.16. The number of pyridine rings is 1. The molecule has 1 aromatic rings. The van der Waals surface area contributed by atoms with Gasteiger partial charge in [0.15, 0.2) is 0 Å². The summed E-state index contributed by atoms with van der Waals surface area (Å²) < 4.78 is 9.47. The highest BCUT2D eigenvalue weighted by Crippen LogP contribution is 2.07. The topological polar surface area (TPSA) is 60.5 Å². The smallest absolute Gasteiger partial charge is 0.406 e. The van der Waals surface area contributed by atoms with Crippen molar-refractivity contribution in [3.05, 3.63) is 23.9 Å². The lowest BCUT2D eigenvalue weighted by molar-refractivity contribution is 0.171. The molecule has 1 N–H and O–H groups in total. The van der Waals surface area contributed by atoms with Gasteiger partial charge in [0.25, 0.3) is 0 Å². The third-order valence-electron chi connectivity index (χ3n) is 2.05. The molecule has 16 heavy (non-hydrogen) atoms. The average Bonchev–Trinajstić information content (AvgIpc) is 2.34. The predicted octanol–water partition coefficient (Wildman–Crippen LogP) is 1.38. The van der Waals surface area contributed by atoms with Gasteiger partial charge in [-0.15, -0.1) is 0 Å². The van der Waals surface area contributed by atoms with Crippen LogP contribution in [0.25, 0.3) is 0 Å². The Hall–Kier alpha value is -1.78. The number of alkyl carbamates (subject to hydrolysis) is 1. The molecule has 0 aliphatic heterocycles. The minimum absolute atomic E-state index is 0.404. The summed E-state index contributed by atoms with van der Waals surface area (Å²) in [4.78, 5) is 15.0. The number of aryl methyl sites for hydroxylation is 1. The number of carbonyl (C=O) groups is 1. The Morgan fingerprint density at radius 3 is 2.94 bits per heavy atom. The minimum Gasteiger partial charge on any atom is -0.481 e. The lowest BCUT2D eigenvalue weighted by atomic mass is 10.2. The second-order valence-electron chi connectivity index (χ2n) is 3.19. The number of rotatable bonds is 5. The molecule has 88 valence electrons. The van der Waals surface area contributed by atoms with Gasteiger partial charge < -0.3 is 14.8 Å². The van der Waals surface area contributed by atoms with Crippen molar-refractivity contribution in [1.29, 1.82) is 0 Å². The van der Waals surface area contributed by atoms with Crippen LogP contribution in [-0.4, -0.2) is 31.8 Å². The summed E-state index contributed by atoms with van der Waals surface area (Å²) in [7, 11) is 2.93. The van der Waals surface area contributed by atoms with Gasteiger partial charge in [-0.25, -0.2) is 9.78 Å². The summed E-state index contributed by atoms with van der Waals surface area (Å²) in [6.45, 7) is 0.575. The first-order valence-electron chi connectivity index (χ1n) is 5.08. The van der Waals surface area contributed by atoms with Crippen LogP contribution in [0.15, 0.2) is 18.2 Å². The molecule has 1 amide bonds. The van der Waals surface area contributed by atoms with Crippen LogP contribution >= 0.6 is 0 Å². The van der Waals surface area contributed by atoms with Crippen molar-refractivity contribution in [2.24, 2.45) is 0 Å². The first-order valence-corrected chi connectivity index (χ1v) is 5.08. The molecule has 1 heterocycles. The molecule has 0 bridgehead atoms. The molecule has 0 atom stereocenters. The Bertz CT molecular complexity index is 342. The monoisotopic (exact) mass is 224 g/mol. The number of aromatic nitrogens is 1. The van der Waals surface area contributed by atoms with Crippen molar-refractivity contribution in [2.75, 3.05) is 20.8 Å². The van der Waals surface area contributed by atoms with E-state index in [0.717, 1.165) is 18.5 Å². The molecule has 0 unspecified atom stereocenters. The van der Waals surface area contributed by atoms with Crippen molar-refractivity contribution in [1.82, 2.24) is 10.3 Å². The molecule has 1 aromatic heterocycles. The summed E-state index contributed by atoms with van der Waals surface area (Å²) >= 11 is 0. The molecule has 0 aromatic carbocycles. The van der Waals surface area contributed by atoms with E-state index in [1.807, 2.05) is 12.1 Å². The zero-order valence-corrected chi connectivity index (χ0v) is 9.53. The number of nitrogens with one attached hydrogen (secondary N) is 1. The van der Waals surface area contributed by atoms with E-state index < -0.39 is 6.09 Å². The number of carbonyl (C=O) groups excluding carboxylic acids is 1. The van der Waals surface area contributed by atoms with Gasteiger partial charge in [-0.2, -0.15) is 0 Å². The van der Waals surface area contributed by atoms with Gasteiger partial charge in [-0.3, -0.25) is 0 Å².